The molecule has 1 heterocycles. The van der Waals surface area contributed by atoms with Crippen LogP contribution in [0.3, 0.4) is 0 Å². The fourth-order valence-electron chi connectivity index (χ4n) is 2.67. The second-order valence-electron chi connectivity index (χ2n) is 5.29. The van der Waals surface area contributed by atoms with Crippen LogP contribution in [-0.2, 0) is 0 Å². The van der Waals surface area contributed by atoms with Gasteiger partial charge >= 0.3 is 0 Å². The topological polar surface area (TPSA) is 105 Å². The zero-order chi connectivity index (χ0) is 14.0. The molecule has 1 fully saturated rings. The van der Waals surface area contributed by atoms with E-state index in [1.165, 1.54) is 12.3 Å². The number of aromatic nitrogens is 1. The number of carbonyl (C=O) groups is 1. The van der Waals surface area contributed by atoms with Crippen molar-refractivity contribution in [2.24, 2.45) is 5.73 Å². The average Bonchev–Trinajstić information content (AvgIpc) is 2.75. The van der Waals surface area contributed by atoms with E-state index in [4.69, 9.17) is 11.5 Å². The molecule has 1 saturated carbocycles. The number of amides is 1. The Hall–Kier alpha value is -1.82. The van der Waals surface area contributed by atoms with Crippen molar-refractivity contribution in [2.45, 2.75) is 31.3 Å². The van der Waals surface area contributed by atoms with Crippen molar-refractivity contribution in [2.75, 3.05) is 24.2 Å². The van der Waals surface area contributed by atoms with Crippen molar-refractivity contribution in [3.8, 4) is 0 Å². The Labute approximate surface area is 112 Å². The Morgan fingerprint density at radius 2 is 2.16 bits per heavy atom. The van der Waals surface area contributed by atoms with Crippen LogP contribution < -0.4 is 16.4 Å². The van der Waals surface area contributed by atoms with Gasteiger partial charge in [0.05, 0.1) is 23.0 Å². The zero-order valence-corrected chi connectivity index (χ0v) is 11.1. The molecule has 0 radical (unpaired) electrons. The molecule has 5 N–H and O–H groups in total. The lowest BCUT2D eigenvalue weighted by Crippen LogP contribution is -2.40. The van der Waals surface area contributed by atoms with Gasteiger partial charge in [-0.25, -0.2) is 4.98 Å². The van der Waals surface area contributed by atoms with Crippen LogP contribution in [0.4, 0.5) is 11.5 Å². The number of nitrogens with zero attached hydrogens (tertiary/aromatic N) is 2. The molecule has 0 bridgehead atoms. The second-order valence-corrected chi connectivity index (χ2v) is 5.29. The lowest BCUT2D eigenvalue weighted by molar-refractivity contribution is 0.0557. The van der Waals surface area contributed by atoms with Gasteiger partial charge in [-0.2, -0.15) is 0 Å². The van der Waals surface area contributed by atoms with Gasteiger partial charge in [0, 0.05) is 13.6 Å². The van der Waals surface area contributed by atoms with Gasteiger partial charge in [0.15, 0.2) is 0 Å². The SMILES string of the molecule is CN(CC1(O)CCCC1)c1ncc(N)cc1C(N)=O. The molecule has 1 aromatic heterocycles. The summed E-state index contributed by atoms with van der Waals surface area (Å²) in [4.78, 5) is 17.4. The maximum absolute atomic E-state index is 11.4. The number of likely N-dealkylation sites (N-methyl/N-ethyl adjacent to an activating group) is 1. The summed E-state index contributed by atoms with van der Waals surface area (Å²) >= 11 is 0. The largest absolute Gasteiger partial charge is 0.397 e. The number of pyridine rings is 1. The fourth-order valence-corrected chi connectivity index (χ4v) is 2.67. The highest BCUT2D eigenvalue weighted by Crippen LogP contribution is 2.31. The van der Waals surface area contributed by atoms with E-state index in [0.717, 1.165) is 25.7 Å². The Kier molecular flexibility index (Phi) is 3.61. The molecule has 1 aliphatic carbocycles. The van der Waals surface area contributed by atoms with Gasteiger partial charge < -0.3 is 21.5 Å². The van der Waals surface area contributed by atoms with Gasteiger partial charge in [-0.1, -0.05) is 12.8 Å². The van der Waals surface area contributed by atoms with E-state index in [9.17, 15) is 9.90 Å². The van der Waals surface area contributed by atoms with Crippen LogP contribution in [-0.4, -0.2) is 35.2 Å². The van der Waals surface area contributed by atoms with E-state index >= 15 is 0 Å². The lowest BCUT2D eigenvalue weighted by Gasteiger charge is -2.30. The van der Waals surface area contributed by atoms with Gasteiger partial charge in [0.1, 0.15) is 5.82 Å². The quantitative estimate of drug-likeness (QED) is 0.734. The minimum Gasteiger partial charge on any atom is -0.397 e. The average molecular weight is 264 g/mol. The number of primary amides is 1. The number of carbonyl (C=O) groups excluding carboxylic acids is 1. The first kappa shape index (κ1) is 13.6. The number of aliphatic hydroxyl groups is 1. The normalized spacial score (nSPS) is 17.4. The molecule has 1 aromatic rings. The summed E-state index contributed by atoms with van der Waals surface area (Å²) < 4.78 is 0. The second kappa shape index (κ2) is 5.05. The van der Waals surface area contributed by atoms with Crippen LogP contribution in [0.15, 0.2) is 12.3 Å². The lowest BCUT2D eigenvalue weighted by atomic mass is 10.0. The molecule has 6 heteroatoms. The summed E-state index contributed by atoms with van der Waals surface area (Å²) in [5.74, 6) is -0.109. The first-order valence-electron chi connectivity index (χ1n) is 6.40. The third kappa shape index (κ3) is 2.96. The summed E-state index contributed by atoms with van der Waals surface area (Å²) in [7, 11) is 1.79. The van der Waals surface area contributed by atoms with Crippen LogP contribution in [0.5, 0.6) is 0 Å². The number of nitrogens with two attached hydrogens (primary N) is 2. The van der Waals surface area contributed by atoms with Crippen molar-refractivity contribution in [1.29, 1.82) is 0 Å². The number of hydrogen-bond acceptors (Lipinski definition) is 5. The Morgan fingerprint density at radius 3 is 2.74 bits per heavy atom. The summed E-state index contributed by atoms with van der Waals surface area (Å²) in [6.07, 6.45) is 5.10. The van der Waals surface area contributed by atoms with Gasteiger partial charge in [-0.05, 0) is 18.9 Å². The predicted octanol–water partition coefficient (Wildman–Crippen LogP) is 0.504. The molecule has 1 aliphatic rings. The smallest absolute Gasteiger partial charge is 0.252 e. The molecule has 0 aromatic carbocycles. The Morgan fingerprint density at radius 1 is 1.53 bits per heavy atom. The molecule has 0 aliphatic heterocycles. The third-order valence-corrected chi connectivity index (χ3v) is 3.58. The highest BCUT2D eigenvalue weighted by Gasteiger charge is 2.33. The number of anilines is 2. The van der Waals surface area contributed by atoms with E-state index in [1.807, 2.05) is 0 Å². The summed E-state index contributed by atoms with van der Waals surface area (Å²) in [5, 5.41) is 10.4. The summed E-state index contributed by atoms with van der Waals surface area (Å²) in [6, 6.07) is 1.51. The first-order chi connectivity index (χ1) is 8.91. The monoisotopic (exact) mass is 264 g/mol. The van der Waals surface area contributed by atoms with E-state index in [0.29, 0.717) is 18.1 Å². The van der Waals surface area contributed by atoms with Crippen molar-refractivity contribution >= 4 is 17.4 Å². The van der Waals surface area contributed by atoms with Crippen molar-refractivity contribution < 1.29 is 9.90 Å². The van der Waals surface area contributed by atoms with Gasteiger partial charge in [0.2, 0.25) is 0 Å². The Balaban J connectivity index is 2.23. The van der Waals surface area contributed by atoms with Crippen LogP contribution in [0, 0.1) is 0 Å². The summed E-state index contributed by atoms with van der Waals surface area (Å²) in [6.45, 7) is 0.435. The highest BCUT2D eigenvalue weighted by molar-refractivity contribution is 5.98. The fraction of sp³-hybridized carbons (Fsp3) is 0.538. The van der Waals surface area contributed by atoms with E-state index in [1.54, 1.807) is 11.9 Å². The van der Waals surface area contributed by atoms with Crippen LogP contribution in [0.2, 0.25) is 0 Å². The third-order valence-electron chi connectivity index (χ3n) is 3.58. The standard InChI is InChI=1S/C13H20N4O2/c1-17(8-13(19)4-2-3-5-13)12-10(11(15)18)6-9(14)7-16-12/h6-7,19H,2-5,8,14H2,1H3,(H2,15,18). The molecule has 0 spiro atoms. The molecule has 2 rings (SSSR count). The maximum atomic E-state index is 11.4. The van der Waals surface area contributed by atoms with Crippen LogP contribution in [0.25, 0.3) is 0 Å². The van der Waals surface area contributed by atoms with E-state index in [-0.39, 0.29) is 5.56 Å². The molecule has 104 valence electrons. The van der Waals surface area contributed by atoms with Gasteiger partial charge in [-0.3, -0.25) is 4.79 Å². The summed E-state index contributed by atoms with van der Waals surface area (Å²) in [5.41, 5.74) is 10.9. The first-order valence-corrected chi connectivity index (χ1v) is 6.40. The van der Waals surface area contributed by atoms with Crippen molar-refractivity contribution in [1.82, 2.24) is 4.98 Å². The van der Waals surface area contributed by atoms with E-state index < -0.39 is 11.5 Å². The Bertz CT molecular complexity index is 484. The van der Waals surface area contributed by atoms with Crippen LogP contribution in [0.1, 0.15) is 36.0 Å². The number of rotatable bonds is 4. The molecule has 19 heavy (non-hydrogen) atoms. The van der Waals surface area contributed by atoms with Crippen molar-refractivity contribution in [3.05, 3.63) is 17.8 Å². The van der Waals surface area contributed by atoms with Crippen molar-refractivity contribution in [3.63, 3.8) is 0 Å². The molecule has 1 amide bonds. The van der Waals surface area contributed by atoms with Gasteiger partial charge in [-0.15, -0.1) is 0 Å². The molecule has 6 nitrogen and oxygen atoms in total. The minimum absolute atomic E-state index is 0.282. The molecule has 0 saturated heterocycles. The van der Waals surface area contributed by atoms with Crippen LogP contribution >= 0.6 is 0 Å². The minimum atomic E-state index is -0.702. The maximum Gasteiger partial charge on any atom is 0.252 e. The number of hydrogen-bond donors (Lipinski definition) is 3. The molecule has 0 unspecified atom stereocenters. The zero-order valence-electron chi connectivity index (χ0n) is 11.1. The molecular weight excluding hydrogens is 244 g/mol. The van der Waals surface area contributed by atoms with E-state index in [2.05, 4.69) is 4.98 Å². The predicted molar refractivity (Wildman–Crippen MR) is 73.9 cm³/mol. The molecular formula is C13H20N4O2. The van der Waals surface area contributed by atoms with Gasteiger partial charge in [0.25, 0.3) is 5.91 Å². The highest BCUT2D eigenvalue weighted by atomic mass is 16.3. The molecule has 0 atom stereocenters. The number of nitrogen functional groups attached to an aromatic ring is 1.